The van der Waals surface area contributed by atoms with Crippen LogP contribution in [0.2, 0.25) is 0 Å². The molecular formula is C18H23N3O2S. The van der Waals surface area contributed by atoms with Gasteiger partial charge < -0.3 is 10.2 Å². The highest BCUT2D eigenvalue weighted by molar-refractivity contribution is 8.15. The van der Waals surface area contributed by atoms with E-state index in [9.17, 15) is 9.59 Å². The summed E-state index contributed by atoms with van der Waals surface area (Å²) in [7, 11) is 0. The Bertz CT molecular complexity index is 681. The molecule has 6 heteroatoms. The lowest BCUT2D eigenvalue weighted by Crippen LogP contribution is -2.33. The Morgan fingerprint density at radius 3 is 2.75 bits per heavy atom. The first-order valence-electron chi connectivity index (χ1n) is 8.44. The smallest absolute Gasteiger partial charge is 0.262 e. The molecule has 3 rings (SSSR count). The van der Waals surface area contributed by atoms with Crippen molar-refractivity contribution in [1.29, 1.82) is 0 Å². The molecular weight excluding hydrogens is 322 g/mol. The third kappa shape index (κ3) is 3.98. The number of hydrogen-bond acceptors (Lipinski definition) is 4. The molecule has 1 N–H and O–H groups in total. The number of carbonyl (C=O) groups excluding carboxylic acids is 2. The maximum atomic E-state index is 12.3. The normalized spacial score (nSPS) is 20.9. The standard InChI is InChI=1S/C18H23N3O2S/c1-12-6-7-14(13(2)10-12)19-16(22)11-15-17(23)20-18(24-15)21-8-4-3-5-9-21/h6-7,10,15H,3-5,8-9,11H2,1-2H3,(H,19,22). The maximum Gasteiger partial charge on any atom is 0.262 e. The summed E-state index contributed by atoms with van der Waals surface area (Å²) < 4.78 is 0. The van der Waals surface area contributed by atoms with E-state index in [0.29, 0.717) is 0 Å². The number of aliphatic imine (C=N–C) groups is 1. The lowest BCUT2D eigenvalue weighted by Gasteiger charge is -2.27. The van der Waals surface area contributed by atoms with Crippen molar-refractivity contribution in [3.63, 3.8) is 0 Å². The zero-order valence-electron chi connectivity index (χ0n) is 14.2. The van der Waals surface area contributed by atoms with Crippen LogP contribution in [0.5, 0.6) is 0 Å². The number of carbonyl (C=O) groups is 2. The number of nitrogens with one attached hydrogen (secondary N) is 1. The number of anilines is 1. The van der Waals surface area contributed by atoms with Gasteiger partial charge >= 0.3 is 0 Å². The van der Waals surface area contributed by atoms with Gasteiger partial charge in [0, 0.05) is 25.2 Å². The summed E-state index contributed by atoms with van der Waals surface area (Å²) in [5, 5.41) is 3.31. The Morgan fingerprint density at radius 1 is 1.29 bits per heavy atom. The first kappa shape index (κ1) is 17.0. The number of hydrogen-bond donors (Lipinski definition) is 1. The SMILES string of the molecule is Cc1ccc(NC(=O)CC2SC(N3CCCCC3)=NC2=O)c(C)c1. The van der Waals surface area contributed by atoms with E-state index in [2.05, 4.69) is 15.2 Å². The molecule has 1 aromatic carbocycles. The van der Waals surface area contributed by atoms with Crippen molar-refractivity contribution in [2.75, 3.05) is 18.4 Å². The van der Waals surface area contributed by atoms with Gasteiger partial charge in [-0.15, -0.1) is 0 Å². The van der Waals surface area contributed by atoms with Gasteiger partial charge in [0.2, 0.25) is 5.91 Å². The van der Waals surface area contributed by atoms with Gasteiger partial charge in [-0.05, 0) is 44.7 Å². The Balaban J connectivity index is 1.56. The van der Waals surface area contributed by atoms with Gasteiger partial charge in [-0.25, -0.2) is 0 Å². The van der Waals surface area contributed by atoms with Gasteiger partial charge in [-0.2, -0.15) is 4.99 Å². The summed E-state index contributed by atoms with van der Waals surface area (Å²) in [6, 6.07) is 5.90. The van der Waals surface area contributed by atoms with E-state index in [1.165, 1.54) is 18.2 Å². The van der Waals surface area contributed by atoms with Gasteiger partial charge in [-0.3, -0.25) is 9.59 Å². The van der Waals surface area contributed by atoms with Crippen molar-refractivity contribution in [3.8, 4) is 0 Å². The monoisotopic (exact) mass is 345 g/mol. The highest BCUT2D eigenvalue weighted by Gasteiger charge is 2.33. The molecule has 2 amide bonds. The lowest BCUT2D eigenvalue weighted by molar-refractivity contribution is -0.121. The molecule has 0 bridgehead atoms. The van der Waals surface area contributed by atoms with Gasteiger partial charge in [0.15, 0.2) is 5.17 Å². The highest BCUT2D eigenvalue weighted by atomic mass is 32.2. The molecule has 2 aliphatic rings. The van der Waals surface area contributed by atoms with Crippen LogP contribution in [-0.4, -0.2) is 40.2 Å². The van der Waals surface area contributed by atoms with Crippen LogP contribution in [0.3, 0.4) is 0 Å². The molecule has 1 unspecified atom stereocenters. The topological polar surface area (TPSA) is 61.8 Å². The van der Waals surface area contributed by atoms with Crippen LogP contribution in [0.1, 0.15) is 36.8 Å². The molecule has 1 fully saturated rings. The van der Waals surface area contributed by atoms with E-state index < -0.39 is 5.25 Å². The summed E-state index contributed by atoms with van der Waals surface area (Å²) >= 11 is 1.44. The molecule has 0 saturated carbocycles. The molecule has 1 saturated heterocycles. The second kappa shape index (κ2) is 7.38. The molecule has 0 spiro atoms. The van der Waals surface area contributed by atoms with Crippen molar-refractivity contribution in [1.82, 2.24) is 4.90 Å². The minimum absolute atomic E-state index is 0.136. The highest BCUT2D eigenvalue weighted by Crippen LogP contribution is 2.29. The number of amidine groups is 1. The fraction of sp³-hybridized carbons (Fsp3) is 0.500. The molecule has 24 heavy (non-hydrogen) atoms. The fourth-order valence-corrected chi connectivity index (χ4v) is 4.17. The quantitative estimate of drug-likeness (QED) is 0.914. The van der Waals surface area contributed by atoms with Crippen LogP contribution in [0.15, 0.2) is 23.2 Å². The fourth-order valence-electron chi connectivity index (χ4n) is 3.05. The number of aryl methyl sites for hydroxylation is 2. The summed E-state index contributed by atoms with van der Waals surface area (Å²) in [5.41, 5.74) is 2.99. The summed E-state index contributed by atoms with van der Waals surface area (Å²) in [4.78, 5) is 30.7. The molecule has 128 valence electrons. The summed E-state index contributed by atoms with van der Waals surface area (Å²) in [6.45, 7) is 5.91. The number of rotatable bonds is 3. The van der Waals surface area contributed by atoms with Crippen LogP contribution in [0.4, 0.5) is 5.69 Å². The number of nitrogens with zero attached hydrogens (tertiary/aromatic N) is 2. The van der Waals surface area contributed by atoms with E-state index in [0.717, 1.165) is 47.9 Å². The lowest BCUT2D eigenvalue weighted by atomic mass is 10.1. The Kier molecular flexibility index (Phi) is 5.23. The number of piperidine rings is 1. The largest absolute Gasteiger partial charge is 0.351 e. The zero-order valence-corrected chi connectivity index (χ0v) is 15.0. The maximum absolute atomic E-state index is 12.3. The third-order valence-electron chi connectivity index (χ3n) is 4.38. The van der Waals surface area contributed by atoms with Crippen LogP contribution in [0.25, 0.3) is 0 Å². The van der Waals surface area contributed by atoms with Gasteiger partial charge in [0.1, 0.15) is 5.25 Å². The molecule has 5 nitrogen and oxygen atoms in total. The van der Waals surface area contributed by atoms with Crippen LogP contribution in [-0.2, 0) is 9.59 Å². The van der Waals surface area contributed by atoms with Crippen molar-refractivity contribution >= 4 is 34.4 Å². The van der Waals surface area contributed by atoms with Crippen LogP contribution in [0, 0.1) is 13.8 Å². The van der Waals surface area contributed by atoms with E-state index in [1.807, 2.05) is 32.0 Å². The van der Waals surface area contributed by atoms with Gasteiger partial charge in [-0.1, -0.05) is 29.5 Å². The molecule has 1 atom stereocenters. The van der Waals surface area contributed by atoms with Gasteiger partial charge in [0.25, 0.3) is 5.91 Å². The number of likely N-dealkylation sites (tertiary alicyclic amines) is 1. The number of benzene rings is 1. The average molecular weight is 345 g/mol. The predicted molar refractivity (Wildman–Crippen MR) is 98.4 cm³/mol. The van der Waals surface area contributed by atoms with E-state index in [-0.39, 0.29) is 18.2 Å². The van der Waals surface area contributed by atoms with Crippen molar-refractivity contribution in [3.05, 3.63) is 29.3 Å². The van der Waals surface area contributed by atoms with E-state index >= 15 is 0 Å². The van der Waals surface area contributed by atoms with E-state index in [1.54, 1.807) is 0 Å². The molecule has 1 aromatic rings. The molecule has 2 heterocycles. The van der Waals surface area contributed by atoms with Crippen molar-refractivity contribution in [2.24, 2.45) is 4.99 Å². The molecule has 0 aromatic heterocycles. The van der Waals surface area contributed by atoms with E-state index in [4.69, 9.17) is 0 Å². The Hall–Kier alpha value is -1.82. The zero-order chi connectivity index (χ0) is 17.1. The minimum Gasteiger partial charge on any atom is -0.351 e. The average Bonchev–Trinajstić information content (AvgIpc) is 2.92. The first-order valence-corrected chi connectivity index (χ1v) is 9.32. The second-order valence-corrected chi connectivity index (χ2v) is 7.63. The van der Waals surface area contributed by atoms with Crippen molar-refractivity contribution in [2.45, 2.75) is 44.8 Å². The molecule has 0 radical (unpaired) electrons. The number of amides is 2. The van der Waals surface area contributed by atoms with Gasteiger partial charge in [0.05, 0.1) is 0 Å². The molecule has 2 aliphatic heterocycles. The first-order chi connectivity index (χ1) is 11.5. The Morgan fingerprint density at radius 2 is 2.04 bits per heavy atom. The Labute approximate surface area is 146 Å². The van der Waals surface area contributed by atoms with Crippen LogP contribution >= 0.6 is 11.8 Å². The van der Waals surface area contributed by atoms with Crippen molar-refractivity contribution < 1.29 is 9.59 Å². The number of thioether (sulfide) groups is 1. The predicted octanol–water partition coefficient (Wildman–Crippen LogP) is 3.12. The second-order valence-electron chi connectivity index (χ2n) is 6.46. The van der Waals surface area contributed by atoms with Crippen LogP contribution < -0.4 is 5.32 Å². The molecule has 0 aliphatic carbocycles. The minimum atomic E-state index is -0.396. The summed E-state index contributed by atoms with van der Waals surface area (Å²) in [6.07, 6.45) is 3.69. The third-order valence-corrected chi connectivity index (χ3v) is 5.60. The summed E-state index contributed by atoms with van der Waals surface area (Å²) in [5.74, 6) is -0.320.